The predicted octanol–water partition coefficient (Wildman–Crippen LogP) is 2.54. The number of amides is 2. The normalized spacial score (nSPS) is 19.1. The number of ether oxygens (including phenoxy) is 1. The van der Waals surface area contributed by atoms with Crippen molar-refractivity contribution in [3.05, 3.63) is 58.8 Å². The third-order valence-corrected chi connectivity index (χ3v) is 5.16. The molecule has 2 N–H and O–H groups in total. The molecule has 8 nitrogen and oxygen atoms in total. The average molecular weight is 398 g/mol. The fraction of sp³-hybridized carbons (Fsp3) is 0.429. The standard InChI is InChI=1S/C21H26N4O4/c1-29-19(26)17-9-3-2-4-10-18(17)24-20(27)23-16-8-5-7-15(13-16)14-25-12-6-11-22-21(25)28/h5-8,11-13,17-18H,2-4,9-10,14H2,1H3,(H2,23,24,27)/t17-,18+/m1/s1. The number of rotatable bonds is 5. The van der Waals surface area contributed by atoms with Crippen molar-refractivity contribution in [2.24, 2.45) is 5.92 Å². The van der Waals surface area contributed by atoms with Gasteiger partial charge in [-0.3, -0.25) is 9.36 Å². The van der Waals surface area contributed by atoms with Gasteiger partial charge in [-0.05, 0) is 36.6 Å². The van der Waals surface area contributed by atoms with Gasteiger partial charge in [0.25, 0.3) is 0 Å². The largest absolute Gasteiger partial charge is 0.469 e. The summed E-state index contributed by atoms with van der Waals surface area (Å²) >= 11 is 0. The average Bonchev–Trinajstić information content (AvgIpc) is 2.95. The van der Waals surface area contributed by atoms with Gasteiger partial charge >= 0.3 is 17.7 Å². The van der Waals surface area contributed by atoms with Gasteiger partial charge in [-0.1, -0.05) is 31.4 Å². The molecule has 154 valence electrons. The number of hydrogen-bond acceptors (Lipinski definition) is 5. The molecule has 1 heterocycles. The quantitative estimate of drug-likeness (QED) is 0.595. The van der Waals surface area contributed by atoms with Crippen molar-refractivity contribution in [3.63, 3.8) is 0 Å². The molecule has 1 aliphatic rings. The number of nitrogens with one attached hydrogen (secondary N) is 2. The maximum Gasteiger partial charge on any atom is 0.347 e. The van der Waals surface area contributed by atoms with E-state index in [9.17, 15) is 14.4 Å². The fourth-order valence-corrected chi connectivity index (χ4v) is 3.70. The minimum atomic E-state index is -0.360. The van der Waals surface area contributed by atoms with Gasteiger partial charge in [-0.25, -0.2) is 14.6 Å². The molecule has 0 saturated heterocycles. The minimum Gasteiger partial charge on any atom is -0.469 e. The number of hydrogen-bond donors (Lipinski definition) is 2. The molecular weight excluding hydrogens is 372 g/mol. The van der Waals surface area contributed by atoms with Crippen molar-refractivity contribution >= 4 is 17.7 Å². The first kappa shape index (κ1) is 20.6. The molecule has 8 heteroatoms. The number of anilines is 1. The van der Waals surface area contributed by atoms with Crippen LogP contribution in [0, 0.1) is 5.92 Å². The molecule has 3 rings (SSSR count). The minimum absolute atomic E-state index is 0.248. The highest BCUT2D eigenvalue weighted by atomic mass is 16.5. The van der Waals surface area contributed by atoms with Crippen LogP contribution >= 0.6 is 0 Å². The Morgan fingerprint density at radius 1 is 1.21 bits per heavy atom. The molecule has 0 radical (unpaired) electrons. The molecule has 2 aromatic rings. The number of esters is 1. The van der Waals surface area contributed by atoms with E-state index in [1.807, 2.05) is 18.2 Å². The van der Waals surface area contributed by atoms with E-state index in [-0.39, 0.29) is 29.6 Å². The van der Waals surface area contributed by atoms with E-state index in [4.69, 9.17) is 4.74 Å². The van der Waals surface area contributed by atoms with E-state index in [0.717, 1.165) is 31.2 Å². The predicted molar refractivity (Wildman–Crippen MR) is 109 cm³/mol. The Kier molecular flexibility index (Phi) is 6.99. The van der Waals surface area contributed by atoms with Crippen LogP contribution in [0.1, 0.15) is 37.7 Å². The fourth-order valence-electron chi connectivity index (χ4n) is 3.70. The van der Waals surface area contributed by atoms with Gasteiger partial charge in [0.1, 0.15) is 0 Å². The van der Waals surface area contributed by atoms with Gasteiger partial charge in [-0.15, -0.1) is 0 Å². The zero-order chi connectivity index (χ0) is 20.6. The molecule has 1 aromatic heterocycles. The van der Waals surface area contributed by atoms with Gasteiger partial charge in [0.05, 0.1) is 19.6 Å². The smallest absolute Gasteiger partial charge is 0.347 e. The molecule has 0 spiro atoms. The van der Waals surface area contributed by atoms with E-state index >= 15 is 0 Å². The van der Waals surface area contributed by atoms with Crippen molar-refractivity contribution in [2.75, 3.05) is 12.4 Å². The first-order valence-corrected chi connectivity index (χ1v) is 9.82. The van der Waals surface area contributed by atoms with Crippen LogP contribution in [-0.2, 0) is 16.1 Å². The number of nitrogens with zero attached hydrogens (tertiary/aromatic N) is 2. The van der Waals surface area contributed by atoms with Gasteiger partial charge < -0.3 is 15.4 Å². The summed E-state index contributed by atoms with van der Waals surface area (Å²) in [4.78, 5) is 40.1. The molecule has 0 unspecified atom stereocenters. The van der Waals surface area contributed by atoms with Crippen molar-refractivity contribution in [1.29, 1.82) is 0 Å². The Balaban J connectivity index is 1.65. The Bertz CT molecular complexity index is 911. The lowest BCUT2D eigenvalue weighted by atomic mass is 9.95. The lowest BCUT2D eigenvalue weighted by Gasteiger charge is -2.24. The summed E-state index contributed by atoms with van der Waals surface area (Å²) in [7, 11) is 1.38. The summed E-state index contributed by atoms with van der Waals surface area (Å²) in [6.07, 6.45) is 7.55. The second-order valence-corrected chi connectivity index (χ2v) is 7.20. The van der Waals surface area contributed by atoms with Gasteiger partial charge in [-0.2, -0.15) is 0 Å². The molecule has 0 aliphatic heterocycles. The molecular formula is C21H26N4O4. The second-order valence-electron chi connectivity index (χ2n) is 7.20. The van der Waals surface area contributed by atoms with E-state index in [0.29, 0.717) is 18.7 Å². The first-order valence-electron chi connectivity index (χ1n) is 9.82. The highest BCUT2D eigenvalue weighted by Crippen LogP contribution is 2.25. The van der Waals surface area contributed by atoms with Gasteiger partial charge in [0.2, 0.25) is 0 Å². The molecule has 2 atom stereocenters. The van der Waals surface area contributed by atoms with Crippen LogP contribution in [0.2, 0.25) is 0 Å². The van der Waals surface area contributed by atoms with Crippen molar-refractivity contribution in [1.82, 2.24) is 14.9 Å². The zero-order valence-electron chi connectivity index (χ0n) is 16.5. The number of urea groups is 1. The molecule has 2 amide bonds. The molecule has 1 aromatic carbocycles. The van der Waals surface area contributed by atoms with E-state index in [1.165, 1.54) is 17.9 Å². The molecule has 1 aliphatic carbocycles. The maximum absolute atomic E-state index is 12.5. The third-order valence-electron chi connectivity index (χ3n) is 5.16. The summed E-state index contributed by atoms with van der Waals surface area (Å²) < 4.78 is 6.41. The summed E-state index contributed by atoms with van der Waals surface area (Å²) in [6, 6.07) is 8.37. The van der Waals surface area contributed by atoms with Gasteiger partial charge in [0, 0.05) is 24.1 Å². The summed E-state index contributed by atoms with van der Waals surface area (Å²) in [5.41, 5.74) is 1.14. The lowest BCUT2D eigenvalue weighted by Crippen LogP contribution is -2.45. The monoisotopic (exact) mass is 398 g/mol. The molecule has 29 heavy (non-hydrogen) atoms. The number of carbonyl (C=O) groups is 2. The Morgan fingerprint density at radius 3 is 2.83 bits per heavy atom. The lowest BCUT2D eigenvalue weighted by molar-refractivity contribution is -0.146. The van der Waals surface area contributed by atoms with Crippen molar-refractivity contribution in [2.45, 2.75) is 44.7 Å². The van der Waals surface area contributed by atoms with Crippen molar-refractivity contribution in [3.8, 4) is 0 Å². The van der Waals surface area contributed by atoms with Crippen LogP contribution in [-0.4, -0.2) is 34.7 Å². The summed E-state index contributed by atoms with van der Waals surface area (Å²) in [5.74, 6) is -0.599. The van der Waals surface area contributed by atoms with Crippen LogP contribution in [0.15, 0.2) is 47.5 Å². The molecule has 0 bridgehead atoms. The van der Waals surface area contributed by atoms with Gasteiger partial charge in [0.15, 0.2) is 0 Å². The maximum atomic E-state index is 12.5. The SMILES string of the molecule is COC(=O)[C@@H]1CCCCC[C@@H]1NC(=O)Nc1cccc(Cn2cccnc2=O)c1. The van der Waals surface area contributed by atoms with Crippen LogP contribution in [0.5, 0.6) is 0 Å². The molecule has 1 saturated carbocycles. The van der Waals surface area contributed by atoms with Crippen LogP contribution in [0.4, 0.5) is 10.5 Å². The molecule has 1 fully saturated rings. The van der Waals surface area contributed by atoms with Crippen LogP contribution in [0.25, 0.3) is 0 Å². The summed E-state index contributed by atoms with van der Waals surface area (Å²) in [6.45, 7) is 0.358. The Hall–Kier alpha value is -3.16. The topological polar surface area (TPSA) is 102 Å². The second kappa shape index (κ2) is 9.86. The first-order chi connectivity index (χ1) is 14.1. The van der Waals surface area contributed by atoms with Crippen LogP contribution < -0.4 is 16.3 Å². The number of aromatic nitrogens is 2. The number of carbonyl (C=O) groups excluding carboxylic acids is 2. The van der Waals surface area contributed by atoms with E-state index in [1.54, 1.807) is 18.3 Å². The highest BCUT2D eigenvalue weighted by Gasteiger charge is 2.31. The van der Waals surface area contributed by atoms with E-state index in [2.05, 4.69) is 15.6 Å². The van der Waals surface area contributed by atoms with Crippen molar-refractivity contribution < 1.29 is 14.3 Å². The highest BCUT2D eigenvalue weighted by molar-refractivity contribution is 5.90. The number of benzene rings is 1. The van der Waals surface area contributed by atoms with E-state index < -0.39 is 0 Å². The third kappa shape index (κ3) is 5.66. The van der Waals surface area contributed by atoms with Crippen LogP contribution in [0.3, 0.4) is 0 Å². The number of methoxy groups -OCH3 is 1. The summed E-state index contributed by atoms with van der Waals surface area (Å²) in [5, 5.41) is 5.76. The Morgan fingerprint density at radius 2 is 2.03 bits per heavy atom. The zero-order valence-corrected chi connectivity index (χ0v) is 16.5. The Labute approximate surface area is 169 Å².